The predicted molar refractivity (Wildman–Crippen MR) is 92.9 cm³/mol. The summed E-state index contributed by atoms with van der Waals surface area (Å²) in [5.41, 5.74) is 4.01. The highest BCUT2D eigenvalue weighted by Gasteiger charge is 2.09. The van der Waals surface area contributed by atoms with Crippen molar-refractivity contribution in [1.29, 1.82) is 0 Å². The normalized spacial score (nSPS) is 15.2. The third-order valence-corrected chi connectivity index (χ3v) is 4.47. The Hall–Kier alpha value is -1.61. The van der Waals surface area contributed by atoms with Gasteiger partial charge in [0.1, 0.15) is 5.82 Å². The zero-order chi connectivity index (χ0) is 15.2. The Kier molecular flexibility index (Phi) is 5.28. The fourth-order valence-corrected chi connectivity index (χ4v) is 3.31. The van der Waals surface area contributed by atoms with E-state index in [0.29, 0.717) is 0 Å². The minimum atomic E-state index is 0.863. The van der Waals surface area contributed by atoms with E-state index in [9.17, 15) is 0 Å². The van der Waals surface area contributed by atoms with Gasteiger partial charge in [0, 0.05) is 6.54 Å². The second-order valence-electron chi connectivity index (χ2n) is 6.20. The predicted octanol–water partition coefficient (Wildman–Crippen LogP) is 4.43. The van der Waals surface area contributed by atoms with Gasteiger partial charge in [-0.15, -0.1) is 0 Å². The van der Waals surface area contributed by atoms with E-state index in [1.165, 1.54) is 43.4 Å². The van der Waals surface area contributed by atoms with E-state index in [0.717, 1.165) is 31.6 Å². The molecule has 3 rings (SSSR count). The van der Waals surface area contributed by atoms with E-state index in [4.69, 9.17) is 4.98 Å². The minimum Gasteiger partial charge on any atom is -0.327 e. The van der Waals surface area contributed by atoms with Crippen LogP contribution in [0.5, 0.6) is 0 Å². The summed E-state index contributed by atoms with van der Waals surface area (Å²) in [6, 6.07) is 8.45. The van der Waals surface area contributed by atoms with Crippen LogP contribution in [0.15, 0.2) is 35.9 Å². The van der Waals surface area contributed by atoms with E-state index in [1.807, 2.05) is 0 Å². The Morgan fingerprint density at radius 3 is 2.95 bits per heavy atom. The molecule has 1 aromatic heterocycles. The maximum absolute atomic E-state index is 4.80. The second kappa shape index (κ2) is 7.59. The lowest BCUT2D eigenvalue weighted by molar-refractivity contribution is 0.587. The second-order valence-corrected chi connectivity index (χ2v) is 6.20. The molecule has 1 heterocycles. The van der Waals surface area contributed by atoms with Gasteiger partial charge in [-0.3, -0.25) is 0 Å². The van der Waals surface area contributed by atoms with Gasteiger partial charge in [0.2, 0.25) is 0 Å². The molecule has 0 atom stereocenters. The fourth-order valence-electron chi connectivity index (χ4n) is 3.31. The lowest BCUT2D eigenvalue weighted by Crippen LogP contribution is -2.19. The van der Waals surface area contributed by atoms with Crippen molar-refractivity contribution in [3.8, 4) is 0 Å². The molecule has 0 bridgehead atoms. The molecular weight excluding hydrogens is 270 g/mol. The van der Waals surface area contributed by atoms with Crippen molar-refractivity contribution >= 4 is 11.0 Å². The Morgan fingerprint density at radius 1 is 1.23 bits per heavy atom. The van der Waals surface area contributed by atoms with E-state index in [1.54, 1.807) is 5.57 Å². The van der Waals surface area contributed by atoms with Gasteiger partial charge in [-0.1, -0.05) is 30.7 Å². The Morgan fingerprint density at radius 2 is 2.14 bits per heavy atom. The summed E-state index contributed by atoms with van der Waals surface area (Å²) in [6.07, 6.45) is 10.1. The summed E-state index contributed by atoms with van der Waals surface area (Å²) >= 11 is 0. The first-order chi connectivity index (χ1) is 10.9. The van der Waals surface area contributed by atoms with Gasteiger partial charge < -0.3 is 9.88 Å². The zero-order valence-electron chi connectivity index (χ0n) is 13.6. The number of fused-ring (bicyclic) bond motifs is 1. The summed E-state index contributed by atoms with van der Waals surface area (Å²) < 4.78 is 2.36. The summed E-state index contributed by atoms with van der Waals surface area (Å²) in [7, 11) is 0. The van der Waals surface area contributed by atoms with Crippen molar-refractivity contribution in [3.63, 3.8) is 0 Å². The van der Waals surface area contributed by atoms with Crippen molar-refractivity contribution in [1.82, 2.24) is 14.9 Å². The molecule has 3 nitrogen and oxygen atoms in total. The average molecular weight is 297 g/mol. The number of allylic oxidation sites excluding steroid dienone is 1. The number of hydrogen-bond acceptors (Lipinski definition) is 2. The number of nitrogens with zero attached hydrogens (tertiary/aromatic N) is 2. The van der Waals surface area contributed by atoms with E-state index in [-0.39, 0.29) is 0 Å². The molecule has 0 radical (unpaired) electrons. The number of rotatable bonds is 7. The third-order valence-electron chi connectivity index (χ3n) is 4.47. The monoisotopic (exact) mass is 297 g/mol. The summed E-state index contributed by atoms with van der Waals surface area (Å²) in [5.74, 6) is 1.17. The molecule has 0 saturated carbocycles. The van der Waals surface area contributed by atoms with Crippen LogP contribution in [0.1, 0.15) is 51.3 Å². The lowest BCUT2D eigenvalue weighted by Gasteiger charge is -2.13. The highest BCUT2D eigenvalue weighted by molar-refractivity contribution is 5.75. The Bertz CT molecular complexity index is 639. The molecule has 1 aliphatic carbocycles. The average Bonchev–Trinajstić information content (AvgIpc) is 2.91. The van der Waals surface area contributed by atoms with Crippen LogP contribution in [0.3, 0.4) is 0 Å². The molecular formula is C19H27N3. The Balaban J connectivity index is 1.60. The number of hydrogen-bond donors (Lipinski definition) is 1. The van der Waals surface area contributed by atoms with Crippen molar-refractivity contribution in [2.45, 2.75) is 58.5 Å². The number of para-hydroxylation sites is 2. The van der Waals surface area contributed by atoms with Gasteiger partial charge in [-0.2, -0.15) is 0 Å². The molecule has 0 saturated heterocycles. The fraction of sp³-hybridized carbons (Fsp3) is 0.526. The molecule has 0 unspecified atom stereocenters. The van der Waals surface area contributed by atoms with Gasteiger partial charge in [0.05, 0.1) is 17.6 Å². The van der Waals surface area contributed by atoms with Gasteiger partial charge in [-0.25, -0.2) is 4.98 Å². The molecule has 1 aliphatic rings. The number of imidazole rings is 1. The molecule has 2 aromatic rings. The van der Waals surface area contributed by atoms with Crippen LogP contribution >= 0.6 is 0 Å². The molecule has 22 heavy (non-hydrogen) atoms. The molecule has 1 N–H and O–H groups in total. The van der Waals surface area contributed by atoms with Gasteiger partial charge in [-0.05, 0) is 57.2 Å². The molecule has 3 heteroatoms. The summed E-state index contributed by atoms with van der Waals surface area (Å²) in [6.45, 7) is 5.19. The maximum Gasteiger partial charge on any atom is 0.123 e. The SMILES string of the molecule is CCCn1c(CNCCC2=CCCCC2)nc2ccccc21. The molecule has 0 aliphatic heterocycles. The van der Waals surface area contributed by atoms with Gasteiger partial charge >= 0.3 is 0 Å². The van der Waals surface area contributed by atoms with Crippen LogP contribution in [0.4, 0.5) is 0 Å². The van der Waals surface area contributed by atoms with E-state index >= 15 is 0 Å². The molecule has 0 amide bonds. The minimum absolute atomic E-state index is 0.863. The first-order valence-electron chi connectivity index (χ1n) is 8.71. The molecule has 1 aromatic carbocycles. The largest absolute Gasteiger partial charge is 0.327 e. The van der Waals surface area contributed by atoms with Crippen molar-refractivity contribution < 1.29 is 0 Å². The maximum atomic E-state index is 4.80. The van der Waals surface area contributed by atoms with Crippen LogP contribution in [-0.4, -0.2) is 16.1 Å². The van der Waals surface area contributed by atoms with Crippen molar-refractivity contribution in [2.75, 3.05) is 6.54 Å². The Labute approximate surface area is 133 Å². The molecule has 0 fully saturated rings. The lowest BCUT2D eigenvalue weighted by atomic mass is 9.97. The van der Waals surface area contributed by atoms with Crippen LogP contribution in [-0.2, 0) is 13.1 Å². The topological polar surface area (TPSA) is 29.9 Å². The van der Waals surface area contributed by atoms with Gasteiger partial charge in [0.15, 0.2) is 0 Å². The van der Waals surface area contributed by atoms with Crippen LogP contribution in [0, 0.1) is 0 Å². The van der Waals surface area contributed by atoms with Gasteiger partial charge in [0.25, 0.3) is 0 Å². The number of aromatic nitrogens is 2. The standard InChI is InChI=1S/C19H27N3/c1-2-14-22-18-11-7-6-10-17(18)21-19(22)15-20-13-12-16-8-4-3-5-9-16/h6-8,10-11,20H,2-5,9,12-15H2,1H3. The van der Waals surface area contributed by atoms with Crippen molar-refractivity contribution in [3.05, 3.63) is 41.7 Å². The third kappa shape index (κ3) is 3.58. The van der Waals surface area contributed by atoms with Crippen LogP contribution < -0.4 is 5.32 Å². The number of aryl methyl sites for hydroxylation is 1. The highest BCUT2D eigenvalue weighted by atomic mass is 15.1. The first-order valence-corrected chi connectivity index (χ1v) is 8.71. The molecule has 0 spiro atoms. The van der Waals surface area contributed by atoms with E-state index in [2.05, 4.69) is 47.1 Å². The van der Waals surface area contributed by atoms with Crippen LogP contribution in [0.2, 0.25) is 0 Å². The first kappa shape index (κ1) is 15.3. The van der Waals surface area contributed by atoms with E-state index < -0.39 is 0 Å². The summed E-state index contributed by atoms with van der Waals surface area (Å²) in [4.78, 5) is 4.80. The number of nitrogens with one attached hydrogen (secondary N) is 1. The quantitative estimate of drug-likeness (QED) is 0.605. The number of benzene rings is 1. The molecule has 118 valence electrons. The van der Waals surface area contributed by atoms with Crippen molar-refractivity contribution in [2.24, 2.45) is 0 Å². The summed E-state index contributed by atoms with van der Waals surface area (Å²) in [5, 5.41) is 3.58. The van der Waals surface area contributed by atoms with Crippen LogP contribution in [0.25, 0.3) is 11.0 Å². The zero-order valence-corrected chi connectivity index (χ0v) is 13.6. The highest BCUT2D eigenvalue weighted by Crippen LogP contribution is 2.20. The smallest absolute Gasteiger partial charge is 0.123 e.